The van der Waals surface area contributed by atoms with Crippen LogP contribution in [0.2, 0.25) is 0 Å². The summed E-state index contributed by atoms with van der Waals surface area (Å²) in [6.07, 6.45) is -0.575. The first-order valence-corrected chi connectivity index (χ1v) is 6.85. The summed E-state index contributed by atoms with van der Waals surface area (Å²) < 4.78 is 17.1. The maximum absolute atomic E-state index is 11.8. The minimum atomic E-state index is -0.719. The molecule has 1 aromatic heterocycles. The second kappa shape index (κ2) is 4.94. The normalized spacial score (nSPS) is 21.6. The van der Waals surface area contributed by atoms with Crippen molar-refractivity contribution in [1.82, 2.24) is 0 Å². The highest BCUT2D eigenvalue weighted by Gasteiger charge is 2.39. The van der Waals surface area contributed by atoms with Gasteiger partial charge in [0.15, 0.2) is 18.0 Å². The van der Waals surface area contributed by atoms with Crippen molar-refractivity contribution in [1.29, 1.82) is 0 Å². The second-order valence-electron chi connectivity index (χ2n) is 4.49. The number of esters is 1. The van der Waals surface area contributed by atoms with Gasteiger partial charge >= 0.3 is 5.97 Å². The third kappa shape index (κ3) is 2.20. The smallest absolute Gasteiger partial charge is 0.335 e. The molecule has 2 heterocycles. The van der Waals surface area contributed by atoms with Gasteiger partial charge in [0.1, 0.15) is 11.3 Å². The summed E-state index contributed by atoms with van der Waals surface area (Å²) >= 11 is 3.41. The van der Waals surface area contributed by atoms with Crippen molar-refractivity contribution < 1.29 is 18.7 Å². The lowest BCUT2D eigenvalue weighted by Gasteiger charge is -2.12. The van der Waals surface area contributed by atoms with Gasteiger partial charge in [-0.15, -0.1) is 0 Å². The van der Waals surface area contributed by atoms with Gasteiger partial charge in [-0.05, 0) is 24.3 Å². The Morgan fingerprint density at radius 1 is 1.40 bits per heavy atom. The molecular weight excluding hydrogens is 326 g/mol. The third-order valence-corrected chi connectivity index (χ3v) is 3.62. The summed E-state index contributed by atoms with van der Waals surface area (Å²) in [6, 6.07) is 6.83. The predicted octanol–water partition coefficient (Wildman–Crippen LogP) is 3.23. The highest BCUT2D eigenvalue weighted by Crippen LogP contribution is 2.34. The molecule has 2 aromatic rings. The number of methoxy groups -OCH3 is 1. The number of fused-ring (bicyclic) bond motifs is 1. The van der Waals surface area contributed by atoms with E-state index in [9.17, 15) is 4.79 Å². The molecule has 1 aliphatic heterocycles. The van der Waals surface area contributed by atoms with Crippen molar-refractivity contribution in [2.75, 3.05) is 7.11 Å². The van der Waals surface area contributed by atoms with Gasteiger partial charge in [-0.25, -0.2) is 9.79 Å². The summed E-state index contributed by atoms with van der Waals surface area (Å²) in [5.41, 5.74) is 0.736. The molecule has 1 aliphatic rings. The Hall–Kier alpha value is -1.82. The first kappa shape index (κ1) is 13.2. The topological polar surface area (TPSA) is 61.0 Å². The summed E-state index contributed by atoms with van der Waals surface area (Å²) in [6.45, 7) is 1.70. The molecule has 0 bridgehead atoms. The quantitative estimate of drug-likeness (QED) is 0.789. The van der Waals surface area contributed by atoms with E-state index in [0.717, 1.165) is 15.4 Å². The number of nitrogens with zero attached hydrogens (tertiary/aromatic N) is 1. The molecule has 0 aliphatic carbocycles. The average molecular weight is 338 g/mol. The minimum absolute atomic E-state index is 0.437. The van der Waals surface area contributed by atoms with Crippen molar-refractivity contribution in [2.45, 2.75) is 19.1 Å². The van der Waals surface area contributed by atoms with Gasteiger partial charge in [0.05, 0.1) is 7.11 Å². The van der Waals surface area contributed by atoms with Crippen molar-refractivity contribution >= 4 is 38.8 Å². The molecule has 20 heavy (non-hydrogen) atoms. The van der Waals surface area contributed by atoms with E-state index in [4.69, 9.17) is 13.9 Å². The number of aliphatic imine (C=N–C) groups is 1. The number of ether oxygens (including phenoxy) is 2. The van der Waals surface area contributed by atoms with Crippen molar-refractivity contribution in [2.24, 2.45) is 4.99 Å². The van der Waals surface area contributed by atoms with Crippen LogP contribution in [0.15, 0.2) is 38.1 Å². The molecule has 0 saturated heterocycles. The maximum Gasteiger partial charge on any atom is 0.335 e. The molecule has 104 valence electrons. The SMILES string of the molecule is COC(=O)C1N=C(C)OC1c1cc2cc(Br)ccc2o1. The Balaban J connectivity index is 1.99. The molecule has 0 radical (unpaired) electrons. The Morgan fingerprint density at radius 2 is 2.20 bits per heavy atom. The zero-order chi connectivity index (χ0) is 14.3. The van der Waals surface area contributed by atoms with Crippen molar-refractivity contribution in [3.05, 3.63) is 34.5 Å². The number of benzene rings is 1. The molecule has 2 unspecified atom stereocenters. The lowest BCUT2D eigenvalue weighted by molar-refractivity contribution is -0.144. The van der Waals surface area contributed by atoms with Gasteiger partial charge in [0.2, 0.25) is 0 Å². The monoisotopic (exact) mass is 337 g/mol. The van der Waals surface area contributed by atoms with Crippen LogP contribution in [0, 0.1) is 0 Å². The van der Waals surface area contributed by atoms with Gasteiger partial charge in [-0.2, -0.15) is 0 Å². The van der Waals surface area contributed by atoms with E-state index in [-0.39, 0.29) is 0 Å². The fourth-order valence-electron chi connectivity index (χ4n) is 2.23. The van der Waals surface area contributed by atoms with E-state index in [1.807, 2.05) is 24.3 Å². The molecule has 0 amide bonds. The molecule has 0 N–H and O–H groups in total. The van der Waals surface area contributed by atoms with E-state index < -0.39 is 18.1 Å². The Morgan fingerprint density at radius 3 is 2.95 bits per heavy atom. The largest absolute Gasteiger partial charge is 0.467 e. The zero-order valence-corrected chi connectivity index (χ0v) is 12.5. The molecule has 0 fully saturated rings. The second-order valence-corrected chi connectivity index (χ2v) is 5.40. The third-order valence-electron chi connectivity index (χ3n) is 3.13. The number of hydrogen-bond acceptors (Lipinski definition) is 5. The molecule has 2 atom stereocenters. The minimum Gasteiger partial charge on any atom is -0.467 e. The van der Waals surface area contributed by atoms with Crippen LogP contribution in [-0.4, -0.2) is 25.0 Å². The van der Waals surface area contributed by atoms with Crippen LogP contribution >= 0.6 is 15.9 Å². The summed E-state index contributed by atoms with van der Waals surface area (Å²) in [7, 11) is 1.33. The van der Waals surface area contributed by atoms with Gasteiger partial charge in [-0.3, -0.25) is 0 Å². The fourth-order valence-corrected chi connectivity index (χ4v) is 2.61. The molecule has 5 nitrogen and oxygen atoms in total. The number of furan rings is 1. The van der Waals surface area contributed by atoms with Crippen LogP contribution in [0.3, 0.4) is 0 Å². The summed E-state index contributed by atoms with van der Waals surface area (Å²) in [5.74, 6) is 0.578. The number of carbonyl (C=O) groups excluding carboxylic acids is 1. The van der Waals surface area contributed by atoms with Crippen LogP contribution in [0.5, 0.6) is 0 Å². The van der Waals surface area contributed by atoms with Crippen LogP contribution in [-0.2, 0) is 14.3 Å². The molecule has 6 heteroatoms. The highest BCUT2D eigenvalue weighted by molar-refractivity contribution is 9.10. The number of rotatable bonds is 2. The first-order chi connectivity index (χ1) is 9.58. The first-order valence-electron chi connectivity index (χ1n) is 6.06. The summed E-state index contributed by atoms with van der Waals surface area (Å²) in [5, 5.41) is 0.936. The zero-order valence-electron chi connectivity index (χ0n) is 10.9. The lowest BCUT2D eigenvalue weighted by Crippen LogP contribution is -2.24. The molecule has 0 saturated carbocycles. The van der Waals surface area contributed by atoms with E-state index in [1.54, 1.807) is 6.92 Å². The van der Waals surface area contributed by atoms with E-state index in [0.29, 0.717) is 11.7 Å². The van der Waals surface area contributed by atoms with Gasteiger partial charge in [0.25, 0.3) is 0 Å². The predicted molar refractivity (Wildman–Crippen MR) is 76.7 cm³/mol. The van der Waals surface area contributed by atoms with Gasteiger partial charge in [-0.1, -0.05) is 15.9 Å². The van der Waals surface area contributed by atoms with Crippen LogP contribution in [0.25, 0.3) is 11.0 Å². The van der Waals surface area contributed by atoms with Crippen molar-refractivity contribution in [3.63, 3.8) is 0 Å². The van der Waals surface area contributed by atoms with E-state index in [2.05, 4.69) is 20.9 Å². The van der Waals surface area contributed by atoms with Crippen LogP contribution < -0.4 is 0 Å². The van der Waals surface area contributed by atoms with E-state index in [1.165, 1.54) is 7.11 Å². The van der Waals surface area contributed by atoms with Crippen molar-refractivity contribution in [3.8, 4) is 0 Å². The maximum atomic E-state index is 11.8. The molecular formula is C14H12BrNO4. The fraction of sp³-hybridized carbons (Fsp3) is 0.286. The Labute approximate surface area is 123 Å². The Bertz CT molecular complexity index is 706. The number of halogens is 1. The standard InChI is InChI=1S/C14H12BrNO4/c1-7-16-12(14(17)18-2)13(19-7)11-6-8-5-9(15)3-4-10(8)20-11/h3-6,12-13H,1-2H3. The van der Waals surface area contributed by atoms with Gasteiger partial charge in [0, 0.05) is 16.8 Å². The van der Waals surface area contributed by atoms with Gasteiger partial charge < -0.3 is 13.9 Å². The summed E-state index contributed by atoms with van der Waals surface area (Å²) in [4.78, 5) is 15.9. The highest BCUT2D eigenvalue weighted by atomic mass is 79.9. The number of hydrogen-bond donors (Lipinski definition) is 0. The molecule has 1 aromatic carbocycles. The van der Waals surface area contributed by atoms with Crippen LogP contribution in [0.4, 0.5) is 0 Å². The van der Waals surface area contributed by atoms with E-state index >= 15 is 0 Å². The lowest BCUT2D eigenvalue weighted by atomic mass is 10.1. The molecule has 3 rings (SSSR count). The number of carbonyl (C=O) groups is 1. The molecule has 0 spiro atoms. The Kier molecular flexibility index (Phi) is 3.25. The van der Waals surface area contributed by atoms with Crippen LogP contribution in [0.1, 0.15) is 18.8 Å². The average Bonchev–Trinajstić information content (AvgIpc) is 3.00.